The van der Waals surface area contributed by atoms with Crippen LogP contribution in [0.5, 0.6) is 5.88 Å². The average Bonchev–Trinajstić information content (AvgIpc) is 3.51. The number of halogens is 1. The highest BCUT2D eigenvalue weighted by Crippen LogP contribution is 2.36. The fourth-order valence-corrected chi connectivity index (χ4v) is 7.12. The molecule has 2 heterocycles. The second kappa shape index (κ2) is 12.5. The fourth-order valence-electron chi connectivity index (χ4n) is 4.80. The van der Waals surface area contributed by atoms with Crippen LogP contribution in [0.3, 0.4) is 0 Å². The van der Waals surface area contributed by atoms with E-state index < -0.39 is 15.9 Å². The lowest BCUT2D eigenvalue weighted by molar-refractivity contribution is -0.118. The van der Waals surface area contributed by atoms with E-state index in [1.54, 1.807) is 63.5 Å². The molecule has 1 unspecified atom stereocenters. The van der Waals surface area contributed by atoms with Crippen molar-refractivity contribution in [2.75, 3.05) is 33.1 Å². The van der Waals surface area contributed by atoms with Crippen molar-refractivity contribution in [3.05, 3.63) is 42.0 Å². The Kier molecular flexibility index (Phi) is 9.87. The third kappa shape index (κ3) is 6.58. The van der Waals surface area contributed by atoms with Crippen LogP contribution in [0.4, 0.5) is 5.13 Å². The first kappa shape index (κ1) is 29.2. The monoisotopic (exact) mass is 567 g/mol. The molecule has 1 saturated carbocycles. The van der Waals surface area contributed by atoms with Crippen LogP contribution in [0.15, 0.2) is 41.3 Å². The number of hydrogen-bond acceptors (Lipinski definition) is 8. The lowest BCUT2D eigenvalue weighted by atomic mass is 9.87. The molecule has 1 aliphatic carbocycles. The Morgan fingerprint density at radius 2 is 1.81 bits per heavy atom. The number of amides is 1. The van der Waals surface area contributed by atoms with Crippen molar-refractivity contribution in [2.24, 2.45) is 5.92 Å². The van der Waals surface area contributed by atoms with Gasteiger partial charge in [0.05, 0.1) is 17.9 Å². The van der Waals surface area contributed by atoms with Crippen LogP contribution in [0.2, 0.25) is 0 Å². The lowest BCUT2D eigenvalue weighted by Crippen LogP contribution is -2.41. The number of fused-ring (bicyclic) bond motifs is 1. The first-order valence-corrected chi connectivity index (χ1v) is 14.4. The predicted octanol–water partition coefficient (Wildman–Crippen LogP) is 4.91. The summed E-state index contributed by atoms with van der Waals surface area (Å²) < 4.78 is 32.6. The summed E-state index contributed by atoms with van der Waals surface area (Å²) in [6, 6.07) is 10.3. The molecule has 1 fully saturated rings. The number of aromatic nitrogens is 2. The van der Waals surface area contributed by atoms with Gasteiger partial charge >= 0.3 is 0 Å². The molecule has 0 aliphatic heterocycles. The van der Waals surface area contributed by atoms with E-state index >= 15 is 0 Å². The Balaban J connectivity index is 0.00000380. The Morgan fingerprint density at radius 3 is 2.41 bits per heavy atom. The maximum absolute atomic E-state index is 13.5. The summed E-state index contributed by atoms with van der Waals surface area (Å²) >= 11 is 1.30. The summed E-state index contributed by atoms with van der Waals surface area (Å²) in [5.74, 6) is 0.409. The summed E-state index contributed by atoms with van der Waals surface area (Å²) in [5, 5.41) is 5.02. The molecule has 37 heavy (non-hydrogen) atoms. The van der Waals surface area contributed by atoms with E-state index in [1.165, 1.54) is 28.6 Å². The number of sulfonamides is 1. The van der Waals surface area contributed by atoms with Crippen LogP contribution in [-0.4, -0.2) is 61.5 Å². The topological polar surface area (TPSA) is 105 Å². The Labute approximate surface area is 228 Å². The largest absolute Gasteiger partial charge is 0.481 e. The van der Waals surface area contributed by atoms with E-state index in [1.807, 2.05) is 6.07 Å². The minimum absolute atomic E-state index is 0. The number of thiazole rings is 1. The van der Waals surface area contributed by atoms with Crippen LogP contribution in [0.1, 0.15) is 50.5 Å². The minimum atomic E-state index is -3.67. The number of nitrogens with zero attached hydrogens (tertiary/aromatic N) is 4. The van der Waals surface area contributed by atoms with Crippen LogP contribution in [0, 0.1) is 5.92 Å². The molecule has 12 heteroatoms. The molecule has 1 aliphatic rings. The fraction of sp³-hybridized carbons (Fsp3) is 0.480. The highest BCUT2D eigenvalue weighted by molar-refractivity contribution is 7.89. The van der Waals surface area contributed by atoms with E-state index in [9.17, 15) is 13.2 Å². The number of ether oxygens (including phenoxy) is 1. The highest BCUT2D eigenvalue weighted by Gasteiger charge is 2.29. The Hall–Kier alpha value is -2.31. The van der Waals surface area contributed by atoms with Crippen molar-refractivity contribution in [3.63, 3.8) is 0 Å². The standard InChI is InChI=1S/C25H33N5O4S2.ClH/c1-5-30(29(2)3)36(32,33)19-12-10-18(11-13-19)20(16-17-8-6-7-9-17)23(31)28-25-26-21-14-15-22(34-4)27-24(21)35-25;/h10-15,17,20H,5-9,16H2,1-4H3,(H,26,28,31);1H. The van der Waals surface area contributed by atoms with Gasteiger partial charge in [0.2, 0.25) is 11.8 Å². The van der Waals surface area contributed by atoms with Gasteiger partial charge in [0.15, 0.2) is 5.13 Å². The van der Waals surface area contributed by atoms with Crippen LogP contribution < -0.4 is 10.1 Å². The molecule has 1 amide bonds. The molecular weight excluding hydrogens is 534 g/mol. The van der Waals surface area contributed by atoms with Crippen molar-refractivity contribution in [2.45, 2.75) is 49.8 Å². The van der Waals surface area contributed by atoms with Gasteiger partial charge in [0.25, 0.3) is 10.0 Å². The van der Waals surface area contributed by atoms with Crippen molar-refractivity contribution >= 4 is 55.2 Å². The van der Waals surface area contributed by atoms with Gasteiger partial charge in [-0.2, -0.15) is 0 Å². The van der Waals surface area contributed by atoms with Crippen LogP contribution in [-0.2, 0) is 14.8 Å². The number of rotatable bonds is 10. The molecule has 9 nitrogen and oxygen atoms in total. The molecule has 1 N–H and O–H groups in total. The molecule has 1 aromatic carbocycles. The van der Waals surface area contributed by atoms with Gasteiger partial charge in [-0.1, -0.05) is 49.2 Å². The van der Waals surface area contributed by atoms with Gasteiger partial charge in [-0.05, 0) is 43.0 Å². The van der Waals surface area contributed by atoms with Gasteiger partial charge in [-0.15, -0.1) is 16.8 Å². The number of hydrazine groups is 1. The summed E-state index contributed by atoms with van der Waals surface area (Å²) in [5.41, 5.74) is 1.49. The third-order valence-corrected chi connectivity index (χ3v) is 9.49. The molecule has 0 radical (unpaired) electrons. The van der Waals surface area contributed by atoms with Gasteiger partial charge in [0, 0.05) is 26.7 Å². The summed E-state index contributed by atoms with van der Waals surface area (Å²) in [6.45, 7) is 2.12. The van der Waals surface area contributed by atoms with Gasteiger partial charge < -0.3 is 10.1 Å². The number of anilines is 1. The third-order valence-electron chi connectivity index (χ3n) is 6.60. The smallest absolute Gasteiger partial charge is 0.255 e. The van der Waals surface area contributed by atoms with E-state index in [2.05, 4.69) is 15.3 Å². The average molecular weight is 568 g/mol. The quantitative estimate of drug-likeness (QED) is 0.347. The highest BCUT2D eigenvalue weighted by atomic mass is 35.5. The van der Waals surface area contributed by atoms with E-state index in [4.69, 9.17) is 4.74 Å². The number of nitrogens with one attached hydrogen (secondary N) is 1. The number of carbonyl (C=O) groups excluding carboxylic acids is 1. The lowest BCUT2D eigenvalue weighted by Gasteiger charge is -2.27. The maximum atomic E-state index is 13.5. The molecule has 3 aromatic rings. The van der Waals surface area contributed by atoms with Crippen molar-refractivity contribution in [1.82, 2.24) is 19.4 Å². The predicted molar refractivity (Wildman–Crippen MR) is 149 cm³/mol. The zero-order valence-corrected chi connectivity index (χ0v) is 24.0. The first-order valence-electron chi connectivity index (χ1n) is 12.1. The molecule has 2 aromatic heterocycles. The molecule has 1 atom stereocenters. The van der Waals surface area contributed by atoms with Crippen LogP contribution >= 0.6 is 23.7 Å². The van der Waals surface area contributed by atoms with E-state index in [0.717, 1.165) is 18.4 Å². The Bertz CT molecular complexity index is 1310. The second-order valence-corrected chi connectivity index (χ2v) is 12.0. The number of hydrogen-bond donors (Lipinski definition) is 1. The van der Waals surface area contributed by atoms with Gasteiger partial charge in [0.1, 0.15) is 10.3 Å². The number of carbonyl (C=O) groups is 1. The molecule has 0 spiro atoms. The Morgan fingerprint density at radius 1 is 1.14 bits per heavy atom. The first-order chi connectivity index (χ1) is 17.2. The summed E-state index contributed by atoms with van der Waals surface area (Å²) in [6.07, 6.45) is 5.29. The molecule has 4 rings (SSSR count). The zero-order valence-electron chi connectivity index (χ0n) is 21.5. The van der Waals surface area contributed by atoms with Gasteiger partial charge in [-0.3, -0.25) is 4.79 Å². The zero-order chi connectivity index (χ0) is 25.9. The van der Waals surface area contributed by atoms with Crippen LogP contribution in [0.25, 0.3) is 10.3 Å². The number of benzene rings is 1. The van der Waals surface area contributed by atoms with E-state index in [0.29, 0.717) is 40.2 Å². The van der Waals surface area contributed by atoms with Crippen molar-refractivity contribution in [3.8, 4) is 5.88 Å². The van der Waals surface area contributed by atoms with Gasteiger partial charge in [-0.25, -0.2) is 23.4 Å². The van der Waals surface area contributed by atoms with Crippen molar-refractivity contribution < 1.29 is 17.9 Å². The summed E-state index contributed by atoms with van der Waals surface area (Å²) in [7, 11) is 1.29. The number of pyridine rings is 1. The van der Waals surface area contributed by atoms with Crippen molar-refractivity contribution in [1.29, 1.82) is 0 Å². The SMILES string of the molecule is CCN(N(C)C)S(=O)(=O)c1ccc(C(CC2CCCC2)C(=O)Nc2nc3ccc(OC)nc3s2)cc1.Cl. The second-order valence-electron chi connectivity index (χ2n) is 9.18. The number of methoxy groups -OCH3 is 1. The normalized spacial score (nSPS) is 15.2. The molecular formula is C25H34ClN5O4S2. The molecule has 0 bridgehead atoms. The molecule has 0 saturated heterocycles. The maximum Gasteiger partial charge on any atom is 0.255 e. The summed E-state index contributed by atoms with van der Waals surface area (Å²) in [4.78, 5) is 23.3. The molecule has 202 valence electrons. The minimum Gasteiger partial charge on any atom is -0.481 e. The van der Waals surface area contributed by atoms with E-state index in [-0.39, 0.29) is 23.2 Å².